The van der Waals surface area contributed by atoms with Gasteiger partial charge in [0.1, 0.15) is 88.0 Å². The Morgan fingerprint density at radius 2 is 0.587 bits per heavy atom. The number of fused-ring (bicyclic) bond motifs is 5. The van der Waals surface area contributed by atoms with Gasteiger partial charge >= 0.3 is 0 Å². The van der Waals surface area contributed by atoms with E-state index in [0.717, 1.165) is 122 Å². The number of nitrogens with one attached hydrogen (secondary N) is 6. The summed E-state index contributed by atoms with van der Waals surface area (Å²) in [5, 5.41) is 71.3. The molecule has 15 rings (SSSR count). The first-order chi connectivity index (χ1) is 69.1. The van der Waals surface area contributed by atoms with Crippen LogP contribution in [0.5, 0.6) is 34.5 Å². The summed E-state index contributed by atoms with van der Waals surface area (Å²) in [6.45, 7) is 23.6. The van der Waals surface area contributed by atoms with Crippen molar-refractivity contribution in [3.63, 3.8) is 0 Å². The van der Waals surface area contributed by atoms with Crippen molar-refractivity contribution in [3.8, 4) is 64.8 Å². The fraction of sp³-hybridized carbons (Fsp3) is 0.267. The van der Waals surface area contributed by atoms with Crippen molar-refractivity contribution >= 4 is 113 Å². The predicted molar refractivity (Wildman–Crippen MR) is 565 cm³/mol. The highest BCUT2D eigenvalue weighted by Gasteiger charge is 2.22. The van der Waals surface area contributed by atoms with Crippen molar-refractivity contribution in [3.05, 3.63) is 318 Å². The van der Waals surface area contributed by atoms with Crippen LogP contribution in [0.4, 0.5) is 29.1 Å². The van der Waals surface area contributed by atoms with Gasteiger partial charge in [0.05, 0.1) is 104 Å². The number of ketones is 4. The summed E-state index contributed by atoms with van der Waals surface area (Å²) in [6.07, 6.45) is 4.72. The summed E-state index contributed by atoms with van der Waals surface area (Å²) in [4.78, 5) is 85.1. The fourth-order valence-corrected chi connectivity index (χ4v) is 16.6. The Morgan fingerprint density at radius 3 is 0.916 bits per heavy atom. The van der Waals surface area contributed by atoms with Crippen LogP contribution in [0.2, 0.25) is 0 Å². The zero-order valence-electron chi connectivity index (χ0n) is 83.7. The lowest BCUT2D eigenvalue weighted by molar-refractivity contribution is 0.0948. The van der Waals surface area contributed by atoms with E-state index in [1.807, 2.05) is 178 Å². The average molecular weight is 1910 g/mol. The van der Waals surface area contributed by atoms with E-state index >= 15 is 0 Å². The van der Waals surface area contributed by atoms with Crippen LogP contribution < -0.4 is 60.3 Å². The number of carbonyl (C=O) groups is 5. The van der Waals surface area contributed by atoms with Crippen molar-refractivity contribution in [2.75, 3.05) is 109 Å². The molecule has 728 valence electrons. The summed E-state index contributed by atoms with van der Waals surface area (Å²) in [5.74, 6) is 6.09. The van der Waals surface area contributed by atoms with E-state index in [2.05, 4.69) is 117 Å². The molecule has 143 heavy (non-hydrogen) atoms. The normalized spacial score (nSPS) is 10.5. The summed E-state index contributed by atoms with van der Waals surface area (Å²) in [6, 6.07) is 75.0. The fourth-order valence-electron chi connectivity index (χ4n) is 16.6. The molecule has 27 heteroatoms. The number of aryl methyl sites for hydroxylation is 10. The van der Waals surface area contributed by atoms with Crippen LogP contribution in [0.3, 0.4) is 0 Å². The van der Waals surface area contributed by atoms with Crippen LogP contribution in [0.1, 0.15) is 193 Å². The highest BCUT2D eigenvalue weighted by atomic mass is 16.5. The molecule has 5 aromatic heterocycles. The van der Waals surface area contributed by atoms with Gasteiger partial charge in [-0.2, -0.15) is 26.3 Å². The Kier molecular flexibility index (Phi) is 38.5. The van der Waals surface area contributed by atoms with Gasteiger partial charge in [0.2, 0.25) is 0 Å². The van der Waals surface area contributed by atoms with Gasteiger partial charge in [0.15, 0.2) is 34.6 Å². The van der Waals surface area contributed by atoms with Crippen molar-refractivity contribution in [2.45, 2.75) is 127 Å². The van der Waals surface area contributed by atoms with Gasteiger partial charge in [-0.25, -0.2) is 24.9 Å². The predicted octanol–water partition coefficient (Wildman–Crippen LogP) is 23.2. The average Bonchev–Trinajstić information content (AvgIpc) is 0.804. The zero-order valence-corrected chi connectivity index (χ0v) is 83.7. The summed E-state index contributed by atoms with van der Waals surface area (Å²) >= 11 is 0. The molecule has 0 fully saturated rings. The van der Waals surface area contributed by atoms with Gasteiger partial charge in [0.25, 0.3) is 5.91 Å². The second-order valence-corrected chi connectivity index (χ2v) is 34.5. The highest BCUT2D eigenvalue weighted by Crippen LogP contribution is 2.35. The summed E-state index contributed by atoms with van der Waals surface area (Å²) in [5.41, 5.74) is 21.0. The third-order valence-electron chi connectivity index (χ3n) is 23.7. The lowest BCUT2D eigenvalue weighted by Crippen LogP contribution is -2.25. The monoisotopic (exact) mass is 1910 g/mol. The molecule has 0 aliphatic rings. The molecular weight excluding hydrogens is 1790 g/mol. The second-order valence-electron chi connectivity index (χ2n) is 34.5. The quantitative estimate of drug-likeness (QED) is 0.0157. The first-order valence-electron chi connectivity index (χ1n) is 47.0. The molecule has 0 atom stereocenters. The van der Waals surface area contributed by atoms with Gasteiger partial charge in [-0.15, -0.1) is 0 Å². The van der Waals surface area contributed by atoms with E-state index in [0.29, 0.717) is 204 Å². The molecule has 0 saturated heterocycles. The Hall–Kier alpha value is -17.4. The van der Waals surface area contributed by atoms with Crippen LogP contribution in [-0.2, 0) is 0 Å². The number of methoxy groups -OCH3 is 6. The number of rotatable bonds is 36. The van der Waals surface area contributed by atoms with Crippen LogP contribution >= 0.6 is 0 Å². The van der Waals surface area contributed by atoms with Crippen molar-refractivity contribution in [1.29, 1.82) is 26.3 Å². The largest absolute Gasteiger partial charge is 0.497 e. The standard InChI is InChI=1S/3C24H25N3O3.C22H22N4O.C22H21N3O/c1-15-11-16(2)18-13-17(14-25)24(27-19(18)12-15)26-10-6-7-20(28)23-21(29-3)8-5-9-22(23)30-4;1-15-10-16(2)20-12-17(14-25)24(27-21(20)11-15)26-9-5-6-22(28)19-8-7-18(29-3)13-23(19)30-4;1-15-10-16(2)19-12-18(14-25)24(27-20(19)11-15)26-9-5-6-21(28)17-7-8-22(29-3)23(13-17)30-4;1-15-11-16(2)19-13-18(14-23)21(26-20(19)12-15)24-9-6-10-25-22(27)17-7-4-3-5-8-17;1-15-11-16(2)19-13-18(14-23)22(25-20(19)12-15)24-10-6-9-21(26)17-7-4-3-5-8-17/h5,8-9,11-13H,6-7,10H2,1-4H3,(H,26,27);2*7-8,10-13H,5-6,9H2,1-4H3,(H,26,27);3-5,7-8,11-13H,6,9-10H2,1-2H3,(H,24,26)(H,25,27);3-5,7-8,11-13H,6,9-10H2,1-2H3,(H,24,25). The number of hydrogen-bond donors (Lipinski definition) is 6. The Labute approximate surface area is 834 Å². The van der Waals surface area contributed by atoms with E-state index < -0.39 is 0 Å². The maximum atomic E-state index is 12.7. The molecule has 15 aromatic rings. The molecule has 5 heterocycles. The molecule has 0 aliphatic carbocycles. The summed E-state index contributed by atoms with van der Waals surface area (Å²) < 4.78 is 31.6. The second kappa shape index (κ2) is 51.9. The highest BCUT2D eigenvalue weighted by molar-refractivity contribution is 6.02. The van der Waals surface area contributed by atoms with E-state index in [-0.39, 0.29) is 29.0 Å². The number of amides is 1. The van der Waals surface area contributed by atoms with E-state index in [9.17, 15) is 50.3 Å². The van der Waals surface area contributed by atoms with Gasteiger partial charge in [-0.3, -0.25) is 24.0 Å². The molecule has 0 unspecified atom stereocenters. The third kappa shape index (κ3) is 28.5. The Bertz CT molecular complexity index is 7400. The number of pyridine rings is 5. The first-order valence-corrected chi connectivity index (χ1v) is 47.0. The number of Topliss-reactive ketones (excluding diaryl/α,β-unsaturated/α-hetero) is 4. The molecule has 6 N–H and O–H groups in total. The molecule has 0 aliphatic heterocycles. The lowest BCUT2D eigenvalue weighted by atomic mass is 10.0. The molecule has 1 amide bonds. The van der Waals surface area contributed by atoms with Crippen LogP contribution in [0.15, 0.2) is 206 Å². The molecule has 10 aromatic carbocycles. The number of aromatic nitrogens is 5. The smallest absolute Gasteiger partial charge is 0.251 e. The molecule has 0 spiro atoms. The molecule has 27 nitrogen and oxygen atoms in total. The van der Waals surface area contributed by atoms with Crippen molar-refractivity contribution in [2.24, 2.45) is 0 Å². The number of anilines is 5. The minimum Gasteiger partial charge on any atom is -0.497 e. The SMILES string of the molecule is COc1ccc(C(=O)CCCNc2nc3cc(C)cc(C)c3cc2C#N)c(OC)c1.COc1ccc(C(=O)CCCNc2nc3cc(C)cc(C)c3cc2C#N)cc1OC.COc1cccc(OC)c1C(=O)CCCNc1nc2cc(C)cc(C)c2cc1C#N.Cc1cc(C)c2cc(C#N)c(NCCCC(=O)c3ccccc3)nc2c1.Cc1cc(C)c2cc(C#N)c(NCCCNC(=O)c3ccccc3)nc2c1. The molecular formula is C116H118N16O11. The maximum Gasteiger partial charge on any atom is 0.251 e. The topological polar surface area (TPSA) is 396 Å². The number of nitrogens with zero attached hydrogens (tertiary/aromatic N) is 10. The van der Waals surface area contributed by atoms with Crippen LogP contribution in [-0.4, -0.2) is 136 Å². The molecule has 0 radical (unpaired) electrons. The van der Waals surface area contributed by atoms with Crippen molar-refractivity contribution in [1.82, 2.24) is 30.2 Å². The summed E-state index contributed by atoms with van der Waals surface area (Å²) in [7, 11) is 9.27. The van der Waals surface area contributed by atoms with E-state index in [4.69, 9.17) is 28.4 Å². The van der Waals surface area contributed by atoms with E-state index in [1.165, 1.54) is 21.3 Å². The minimum absolute atomic E-state index is 0.00506. The van der Waals surface area contributed by atoms with Gasteiger partial charge < -0.3 is 60.3 Å². The number of hydrogen-bond acceptors (Lipinski definition) is 26. The Morgan fingerprint density at radius 1 is 0.273 bits per heavy atom. The molecule has 0 bridgehead atoms. The number of nitriles is 5. The maximum absolute atomic E-state index is 12.7. The lowest BCUT2D eigenvalue weighted by Gasteiger charge is -2.13. The van der Waals surface area contributed by atoms with Gasteiger partial charge in [-0.05, 0) is 272 Å². The van der Waals surface area contributed by atoms with Crippen LogP contribution in [0, 0.1) is 126 Å². The zero-order chi connectivity index (χ0) is 103. The van der Waals surface area contributed by atoms with Gasteiger partial charge in [0, 0.05) is 115 Å². The van der Waals surface area contributed by atoms with Gasteiger partial charge in [-0.1, -0.05) is 84.9 Å². The van der Waals surface area contributed by atoms with E-state index in [1.54, 1.807) is 88.1 Å². The first kappa shape index (κ1) is 106. The number of carbonyl (C=O) groups excluding carboxylic acids is 5. The number of ether oxygens (including phenoxy) is 6. The number of benzene rings is 10. The Balaban J connectivity index is 0.000000171. The third-order valence-corrected chi connectivity index (χ3v) is 23.7. The van der Waals surface area contributed by atoms with Crippen LogP contribution in [0.25, 0.3) is 54.5 Å². The molecule has 0 saturated carbocycles. The van der Waals surface area contributed by atoms with Crippen molar-refractivity contribution < 1.29 is 52.4 Å². The minimum atomic E-state index is -0.0805.